The fraction of sp³-hybridized carbons (Fsp3) is 0.200. The second-order valence-electron chi connectivity index (χ2n) is 5.16. The second-order valence-corrected chi connectivity index (χ2v) is 5.16. The maximum absolute atomic E-state index is 11.2. The van der Waals surface area contributed by atoms with Crippen molar-refractivity contribution >= 4 is 16.7 Å². The van der Waals surface area contributed by atoms with Gasteiger partial charge in [0.25, 0.3) is 5.82 Å². The van der Waals surface area contributed by atoms with E-state index in [2.05, 4.69) is 15.1 Å². The van der Waals surface area contributed by atoms with E-state index in [0.29, 0.717) is 5.92 Å². The molecule has 0 radical (unpaired) electrons. The van der Waals surface area contributed by atoms with E-state index >= 15 is 0 Å². The highest BCUT2D eigenvalue weighted by atomic mass is 16.4. The largest absolute Gasteiger partial charge is 0.475 e. The van der Waals surface area contributed by atoms with Crippen molar-refractivity contribution in [2.75, 3.05) is 0 Å². The minimum Gasteiger partial charge on any atom is -0.475 e. The van der Waals surface area contributed by atoms with Crippen molar-refractivity contribution in [1.29, 1.82) is 0 Å². The number of carboxylic acid groups (broad SMARTS) is 1. The lowest BCUT2D eigenvalue weighted by Gasteiger charge is -2.08. The molecule has 1 aliphatic carbocycles. The number of pyridine rings is 1. The van der Waals surface area contributed by atoms with Crippen LogP contribution in [0, 0.1) is 0 Å². The van der Waals surface area contributed by atoms with Crippen LogP contribution in [0.15, 0.2) is 36.7 Å². The van der Waals surface area contributed by atoms with E-state index in [-0.39, 0.29) is 5.82 Å². The Morgan fingerprint density at radius 1 is 1.29 bits per heavy atom. The Bertz CT molecular complexity index is 847. The number of rotatable bonds is 3. The van der Waals surface area contributed by atoms with E-state index in [1.165, 1.54) is 0 Å². The van der Waals surface area contributed by atoms with Gasteiger partial charge in [0.15, 0.2) is 0 Å². The van der Waals surface area contributed by atoms with Gasteiger partial charge in [-0.25, -0.2) is 14.5 Å². The van der Waals surface area contributed by atoms with Gasteiger partial charge in [-0.3, -0.25) is 4.98 Å². The lowest BCUT2D eigenvalue weighted by molar-refractivity contribution is 0.0683. The van der Waals surface area contributed by atoms with Gasteiger partial charge in [0, 0.05) is 29.1 Å². The summed E-state index contributed by atoms with van der Waals surface area (Å²) in [6.45, 7) is 0. The Morgan fingerprint density at radius 2 is 2.14 bits per heavy atom. The van der Waals surface area contributed by atoms with Crippen LogP contribution in [-0.4, -0.2) is 30.8 Å². The average Bonchev–Trinajstić information content (AvgIpc) is 3.25. The third-order valence-electron chi connectivity index (χ3n) is 3.65. The van der Waals surface area contributed by atoms with Crippen molar-refractivity contribution in [2.24, 2.45) is 0 Å². The third kappa shape index (κ3) is 1.96. The highest BCUT2D eigenvalue weighted by Crippen LogP contribution is 2.40. The number of aromatic carboxylic acids is 1. The van der Waals surface area contributed by atoms with Gasteiger partial charge in [0.05, 0.1) is 5.69 Å². The van der Waals surface area contributed by atoms with Crippen LogP contribution in [-0.2, 0) is 0 Å². The van der Waals surface area contributed by atoms with Crippen LogP contribution in [0.2, 0.25) is 0 Å². The number of fused-ring (bicyclic) bond motifs is 1. The molecule has 1 fully saturated rings. The summed E-state index contributed by atoms with van der Waals surface area (Å²) in [5.41, 5.74) is 0.844. The lowest BCUT2D eigenvalue weighted by Crippen LogP contribution is -2.04. The molecular formula is C15H12N4O2. The standard InChI is InChI=1S/C15H12N4O2/c20-15(21)13-17-14(9-4-5-9)19(18-13)12-3-1-2-10-8-16-7-6-11(10)12/h1-3,6-9H,4-5H2,(H,20,21). The van der Waals surface area contributed by atoms with E-state index < -0.39 is 5.97 Å². The molecule has 0 atom stereocenters. The van der Waals surface area contributed by atoms with Gasteiger partial charge in [0.1, 0.15) is 5.82 Å². The van der Waals surface area contributed by atoms with Crippen LogP contribution in [0.4, 0.5) is 0 Å². The zero-order chi connectivity index (χ0) is 14.4. The summed E-state index contributed by atoms with van der Waals surface area (Å²) in [7, 11) is 0. The molecule has 0 saturated heterocycles. The Morgan fingerprint density at radius 3 is 2.90 bits per heavy atom. The van der Waals surface area contributed by atoms with Crippen LogP contribution in [0.5, 0.6) is 0 Å². The first-order valence-corrected chi connectivity index (χ1v) is 6.77. The van der Waals surface area contributed by atoms with E-state index in [0.717, 1.165) is 35.1 Å². The number of nitrogens with zero attached hydrogens (tertiary/aromatic N) is 4. The Labute approximate surface area is 120 Å². The minimum atomic E-state index is -1.10. The molecule has 0 aliphatic heterocycles. The van der Waals surface area contributed by atoms with Crippen molar-refractivity contribution in [3.05, 3.63) is 48.3 Å². The highest BCUT2D eigenvalue weighted by Gasteiger charge is 2.31. The van der Waals surface area contributed by atoms with Gasteiger partial charge < -0.3 is 5.11 Å². The summed E-state index contributed by atoms with van der Waals surface area (Å²) < 4.78 is 1.67. The molecule has 0 bridgehead atoms. The fourth-order valence-electron chi connectivity index (χ4n) is 2.49. The van der Waals surface area contributed by atoms with Crippen molar-refractivity contribution < 1.29 is 9.90 Å². The normalized spacial score (nSPS) is 14.5. The molecule has 1 aromatic carbocycles. The summed E-state index contributed by atoms with van der Waals surface area (Å²) in [4.78, 5) is 19.5. The zero-order valence-electron chi connectivity index (χ0n) is 11.1. The van der Waals surface area contributed by atoms with E-state index in [9.17, 15) is 4.79 Å². The number of benzene rings is 1. The van der Waals surface area contributed by atoms with Crippen molar-refractivity contribution in [2.45, 2.75) is 18.8 Å². The third-order valence-corrected chi connectivity index (χ3v) is 3.65. The predicted molar refractivity (Wildman–Crippen MR) is 75.6 cm³/mol. The summed E-state index contributed by atoms with van der Waals surface area (Å²) in [6.07, 6.45) is 5.57. The van der Waals surface area contributed by atoms with E-state index in [4.69, 9.17) is 5.11 Å². The molecule has 0 spiro atoms. The highest BCUT2D eigenvalue weighted by molar-refractivity contribution is 5.89. The molecule has 3 aromatic rings. The smallest absolute Gasteiger partial charge is 0.375 e. The first-order chi connectivity index (χ1) is 10.2. The van der Waals surface area contributed by atoms with E-state index in [1.54, 1.807) is 17.1 Å². The van der Waals surface area contributed by atoms with Crippen LogP contribution in [0.25, 0.3) is 16.5 Å². The average molecular weight is 280 g/mol. The van der Waals surface area contributed by atoms with Gasteiger partial charge in [-0.15, -0.1) is 5.10 Å². The molecule has 1 N–H and O–H groups in total. The Kier molecular flexibility index (Phi) is 2.50. The molecule has 2 heterocycles. The van der Waals surface area contributed by atoms with Gasteiger partial charge in [-0.2, -0.15) is 0 Å². The first-order valence-electron chi connectivity index (χ1n) is 6.77. The number of hydrogen-bond acceptors (Lipinski definition) is 4. The van der Waals surface area contributed by atoms with Gasteiger partial charge in [0.2, 0.25) is 0 Å². The van der Waals surface area contributed by atoms with Crippen LogP contribution in [0.3, 0.4) is 0 Å². The number of aromatic nitrogens is 4. The molecular weight excluding hydrogens is 268 g/mol. The second kappa shape index (κ2) is 4.37. The zero-order valence-corrected chi connectivity index (χ0v) is 11.1. The molecule has 1 saturated carbocycles. The maximum Gasteiger partial charge on any atom is 0.375 e. The van der Waals surface area contributed by atoms with Crippen LogP contribution < -0.4 is 0 Å². The maximum atomic E-state index is 11.2. The Hall–Kier alpha value is -2.76. The topological polar surface area (TPSA) is 80.9 Å². The molecule has 104 valence electrons. The van der Waals surface area contributed by atoms with Gasteiger partial charge >= 0.3 is 5.97 Å². The monoisotopic (exact) mass is 280 g/mol. The molecule has 21 heavy (non-hydrogen) atoms. The number of carbonyl (C=O) groups is 1. The van der Waals surface area contributed by atoms with Gasteiger partial charge in [-0.05, 0) is 25.0 Å². The number of hydrogen-bond donors (Lipinski definition) is 1. The first kappa shape index (κ1) is 12.0. The molecule has 0 amide bonds. The van der Waals surface area contributed by atoms with Crippen LogP contribution in [0.1, 0.15) is 35.2 Å². The van der Waals surface area contributed by atoms with E-state index in [1.807, 2.05) is 24.3 Å². The minimum absolute atomic E-state index is 0.150. The summed E-state index contributed by atoms with van der Waals surface area (Å²) in [6, 6.07) is 7.72. The molecule has 2 aromatic heterocycles. The summed E-state index contributed by atoms with van der Waals surface area (Å²) in [5, 5.41) is 15.3. The Balaban J connectivity index is 1.98. The predicted octanol–water partition coefficient (Wildman–Crippen LogP) is 2.39. The van der Waals surface area contributed by atoms with Crippen molar-refractivity contribution in [3.8, 4) is 5.69 Å². The quantitative estimate of drug-likeness (QED) is 0.796. The summed E-state index contributed by atoms with van der Waals surface area (Å²) >= 11 is 0. The molecule has 4 rings (SSSR count). The fourth-order valence-corrected chi connectivity index (χ4v) is 2.49. The van der Waals surface area contributed by atoms with Crippen LogP contribution >= 0.6 is 0 Å². The molecule has 1 aliphatic rings. The van der Waals surface area contributed by atoms with Gasteiger partial charge in [-0.1, -0.05) is 12.1 Å². The SMILES string of the molecule is O=C(O)c1nc(C2CC2)n(-c2cccc3cnccc23)n1. The number of carboxylic acids is 1. The summed E-state index contributed by atoms with van der Waals surface area (Å²) in [5.74, 6) is -0.208. The van der Waals surface area contributed by atoms with Crippen molar-refractivity contribution in [3.63, 3.8) is 0 Å². The lowest BCUT2D eigenvalue weighted by atomic mass is 10.1. The molecule has 6 heteroatoms. The molecule has 6 nitrogen and oxygen atoms in total. The molecule has 0 unspecified atom stereocenters. The van der Waals surface area contributed by atoms with Crippen molar-refractivity contribution in [1.82, 2.24) is 19.7 Å².